The van der Waals surface area contributed by atoms with Crippen LogP contribution in [0.25, 0.3) is 0 Å². The van der Waals surface area contributed by atoms with E-state index in [1.807, 2.05) is 10.8 Å². The highest BCUT2D eigenvalue weighted by atomic mass is 79.9. The van der Waals surface area contributed by atoms with Crippen LogP contribution in [-0.4, -0.2) is 25.5 Å². The van der Waals surface area contributed by atoms with E-state index < -0.39 is 5.97 Å². The predicted octanol–water partition coefficient (Wildman–Crippen LogP) is 4.49. The molecule has 1 N–H and O–H groups in total. The van der Waals surface area contributed by atoms with Gasteiger partial charge in [-0.25, -0.2) is 4.98 Å². The van der Waals surface area contributed by atoms with Gasteiger partial charge in [0.25, 0.3) is 0 Å². The highest BCUT2D eigenvalue weighted by molar-refractivity contribution is 9.10. The number of unbranched alkanes of at least 4 members (excludes halogenated alkanes) is 5. The normalized spacial score (nSPS) is 11.6. The van der Waals surface area contributed by atoms with Gasteiger partial charge in [-0.2, -0.15) is 0 Å². The molecule has 116 valence electrons. The lowest BCUT2D eigenvalue weighted by Gasteiger charge is -2.03. The first kappa shape index (κ1) is 19.2. The van der Waals surface area contributed by atoms with E-state index in [9.17, 15) is 4.79 Å². The number of halogens is 1. The van der Waals surface area contributed by atoms with E-state index in [-0.39, 0.29) is 4.83 Å². The molecule has 1 aromatic rings. The van der Waals surface area contributed by atoms with Crippen molar-refractivity contribution in [3.05, 3.63) is 18.7 Å². The van der Waals surface area contributed by atoms with Crippen LogP contribution in [-0.2, 0) is 11.3 Å². The van der Waals surface area contributed by atoms with Crippen LogP contribution in [0, 0.1) is 0 Å². The van der Waals surface area contributed by atoms with Crippen molar-refractivity contribution in [2.24, 2.45) is 0 Å². The van der Waals surface area contributed by atoms with Crippen molar-refractivity contribution >= 4 is 21.9 Å². The monoisotopic (exact) mass is 346 g/mol. The Kier molecular flexibility index (Phi) is 12.6. The van der Waals surface area contributed by atoms with Gasteiger partial charge in [0.05, 0.1) is 6.33 Å². The number of nitrogens with zero attached hydrogens (tertiary/aromatic N) is 2. The zero-order chi connectivity index (χ0) is 15.2. The van der Waals surface area contributed by atoms with Gasteiger partial charge in [0.1, 0.15) is 4.83 Å². The van der Waals surface area contributed by atoms with Crippen molar-refractivity contribution in [1.29, 1.82) is 0 Å². The highest BCUT2D eigenvalue weighted by Crippen LogP contribution is 2.13. The molecule has 4 nitrogen and oxygen atoms in total. The molecule has 0 aliphatic rings. The van der Waals surface area contributed by atoms with Gasteiger partial charge in [-0.1, -0.05) is 61.4 Å². The molecule has 5 heteroatoms. The van der Waals surface area contributed by atoms with E-state index >= 15 is 0 Å². The molecule has 20 heavy (non-hydrogen) atoms. The van der Waals surface area contributed by atoms with Crippen LogP contribution < -0.4 is 0 Å². The molecule has 1 atom stereocenters. The van der Waals surface area contributed by atoms with E-state index in [0.717, 1.165) is 25.8 Å². The average Bonchev–Trinajstić information content (AvgIpc) is 2.96. The van der Waals surface area contributed by atoms with Crippen LogP contribution in [0.2, 0.25) is 0 Å². The van der Waals surface area contributed by atoms with Crippen molar-refractivity contribution in [3.63, 3.8) is 0 Å². The first-order valence-electron chi connectivity index (χ1n) is 7.44. The minimum Gasteiger partial charge on any atom is -0.480 e. The van der Waals surface area contributed by atoms with Gasteiger partial charge in [0, 0.05) is 18.9 Å². The van der Waals surface area contributed by atoms with Gasteiger partial charge in [-0.3, -0.25) is 4.79 Å². The number of imidazole rings is 1. The van der Waals surface area contributed by atoms with Gasteiger partial charge >= 0.3 is 5.97 Å². The quantitative estimate of drug-likeness (QED) is 0.529. The zero-order valence-corrected chi connectivity index (χ0v) is 14.2. The molecule has 0 fully saturated rings. The molecule has 0 aliphatic heterocycles. The largest absolute Gasteiger partial charge is 0.480 e. The molecule has 0 spiro atoms. The summed E-state index contributed by atoms with van der Waals surface area (Å²) in [7, 11) is 0. The Balaban J connectivity index is 0.000000428. The molecule has 1 aromatic heterocycles. The third-order valence-electron chi connectivity index (χ3n) is 3.00. The number of carbonyl (C=O) groups is 1. The van der Waals surface area contributed by atoms with E-state index in [1.165, 1.54) is 25.7 Å². The maximum atomic E-state index is 10.4. The van der Waals surface area contributed by atoms with E-state index in [0.29, 0.717) is 0 Å². The first-order valence-corrected chi connectivity index (χ1v) is 8.36. The molecule has 0 amide bonds. The minimum atomic E-state index is -0.742. The van der Waals surface area contributed by atoms with Crippen LogP contribution >= 0.6 is 15.9 Å². The van der Waals surface area contributed by atoms with Gasteiger partial charge in [0.2, 0.25) is 0 Å². The van der Waals surface area contributed by atoms with Crippen LogP contribution in [0.15, 0.2) is 18.7 Å². The molecule has 1 rings (SSSR count). The SMILES string of the molecule is CCCCCCCCC(Br)C(=O)O.CCn1ccnc1. The van der Waals surface area contributed by atoms with Gasteiger partial charge in [-0.05, 0) is 13.3 Å². The number of rotatable bonds is 9. The Bertz CT molecular complexity index is 329. The number of carboxylic acids is 1. The summed E-state index contributed by atoms with van der Waals surface area (Å²) in [6.45, 7) is 5.29. The summed E-state index contributed by atoms with van der Waals surface area (Å²) in [4.78, 5) is 13.9. The predicted molar refractivity (Wildman–Crippen MR) is 86.2 cm³/mol. The van der Waals surface area contributed by atoms with Crippen LogP contribution in [0.3, 0.4) is 0 Å². The van der Waals surface area contributed by atoms with Crippen molar-refractivity contribution in [3.8, 4) is 0 Å². The number of alkyl halides is 1. The summed E-state index contributed by atoms with van der Waals surface area (Å²) in [5.41, 5.74) is 0. The summed E-state index contributed by atoms with van der Waals surface area (Å²) in [5, 5.41) is 8.58. The molecule has 0 saturated heterocycles. The molecule has 0 radical (unpaired) electrons. The number of aromatic nitrogens is 2. The van der Waals surface area contributed by atoms with Crippen molar-refractivity contribution in [2.45, 2.75) is 70.2 Å². The lowest BCUT2D eigenvalue weighted by Crippen LogP contribution is -2.11. The number of hydrogen-bond donors (Lipinski definition) is 1. The van der Waals surface area contributed by atoms with Gasteiger partial charge < -0.3 is 9.67 Å². The summed E-state index contributed by atoms with van der Waals surface area (Å²) in [6, 6.07) is 0. The van der Waals surface area contributed by atoms with Gasteiger partial charge in [-0.15, -0.1) is 0 Å². The number of aliphatic carboxylic acids is 1. The second-order valence-corrected chi connectivity index (χ2v) is 5.86. The molecule has 1 heterocycles. The second-order valence-electron chi connectivity index (χ2n) is 4.76. The lowest BCUT2D eigenvalue weighted by molar-refractivity contribution is -0.136. The van der Waals surface area contributed by atoms with E-state index in [4.69, 9.17) is 5.11 Å². The number of hydrogen-bond acceptors (Lipinski definition) is 2. The fraction of sp³-hybridized carbons (Fsp3) is 0.733. The summed E-state index contributed by atoms with van der Waals surface area (Å²) in [6.07, 6.45) is 13.6. The second kappa shape index (κ2) is 13.2. The van der Waals surface area contributed by atoms with Crippen LogP contribution in [0.4, 0.5) is 0 Å². The number of aryl methyl sites for hydroxylation is 1. The smallest absolute Gasteiger partial charge is 0.317 e. The minimum absolute atomic E-state index is 0.348. The molecule has 0 bridgehead atoms. The molecule has 0 aromatic carbocycles. The maximum Gasteiger partial charge on any atom is 0.317 e. The highest BCUT2D eigenvalue weighted by Gasteiger charge is 2.11. The Morgan fingerprint density at radius 3 is 2.35 bits per heavy atom. The summed E-state index contributed by atoms with van der Waals surface area (Å²) >= 11 is 3.13. The van der Waals surface area contributed by atoms with Crippen LogP contribution in [0.1, 0.15) is 58.8 Å². The molecule has 0 aliphatic carbocycles. The topological polar surface area (TPSA) is 55.1 Å². The lowest BCUT2D eigenvalue weighted by atomic mass is 10.1. The molecule has 0 saturated carbocycles. The third-order valence-corrected chi connectivity index (χ3v) is 3.85. The Morgan fingerprint density at radius 2 is 1.90 bits per heavy atom. The van der Waals surface area contributed by atoms with Crippen molar-refractivity contribution < 1.29 is 9.90 Å². The standard InChI is InChI=1S/C10H19BrO2.C5H8N2/c1-2-3-4-5-6-7-8-9(11)10(12)13;1-2-7-4-3-6-5-7/h9H,2-8H2,1H3,(H,12,13);3-5H,2H2,1H3. The fourth-order valence-electron chi connectivity index (χ4n) is 1.70. The Morgan fingerprint density at radius 1 is 1.25 bits per heavy atom. The maximum absolute atomic E-state index is 10.4. The van der Waals surface area contributed by atoms with E-state index in [1.54, 1.807) is 12.5 Å². The average molecular weight is 347 g/mol. The first-order chi connectivity index (χ1) is 9.61. The molecule has 1 unspecified atom stereocenters. The van der Waals surface area contributed by atoms with Gasteiger partial charge in [0.15, 0.2) is 0 Å². The molecular formula is C15H27BrN2O2. The van der Waals surface area contributed by atoms with Crippen LogP contribution in [0.5, 0.6) is 0 Å². The summed E-state index contributed by atoms with van der Waals surface area (Å²) < 4.78 is 2.01. The van der Waals surface area contributed by atoms with E-state index in [2.05, 4.69) is 34.8 Å². The Hall–Kier alpha value is -0.840. The molecular weight excluding hydrogens is 320 g/mol. The third kappa shape index (κ3) is 11.0. The fourth-order valence-corrected chi connectivity index (χ4v) is 2.02. The Labute approximate surface area is 130 Å². The number of carboxylic acid groups (broad SMARTS) is 1. The summed E-state index contributed by atoms with van der Waals surface area (Å²) in [5.74, 6) is -0.742. The van der Waals surface area contributed by atoms with Crippen molar-refractivity contribution in [1.82, 2.24) is 9.55 Å². The zero-order valence-electron chi connectivity index (χ0n) is 12.6. The van der Waals surface area contributed by atoms with Crippen molar-refractivity contribution in [2.75, 3.05) is 0 Å².